The molecular formula is C20H29N. The molecule has 0 radical (unpaired) electrons. The lowest BCUT2D eigenvalue weighted by atomic mass is 9.92. The second-order valence-corrected chi connectivity index (χ2v) is 6.24. The van der Waals surface area contributed by atoms with E-state index in [9.17, 15) is 0 Å². The van der Waals surface area contributed by atoms with Crippen molar-refractivity contribution in [1.82, 2.24) is 5.32 Å². The molecule has 0 heterocycles. The zero-order valence-corrected chi connectivity index (χ0v) is 13.7. The van der Waals surface area contributed by atoms with Crippen LogP contribution in [0.25, 0.3) is 10.8 Å². The summed E-state index contributed by atoms with van der Waals surface area (Å²) in [6.07, 6.45) is 5.01. The molecule has 0 saturated carbocycles. The molecule has 114 valence electrons. The minimum atomic E-state index is 0.483. The summed E-state index contributed by atoms with van der Waals surface area (Å²) in [6.45, 7) is 7.99. The first kappa shape index (κ1) is 16.0. The van der Waals surface area contributed by atoms with Gasteiger partial charge in [-0.2, -0.15) is 0 Å². The second kappa shape index (κ2) is 8.19. The minimum Gasteiger partial charge on any atom is -0.310 e. The predicted molar refractivity (Wildman–Crippen MR) is 93.7 cm³/mol. The van der Waals surface area contributed by atoms with E-state index in [1.54, 1.807) is 0 Å². The van der Waals surface area contributed by atoms with Crippen LogP contribution in [0.5, 0.6) is 0 Å². The van der Waals surface area contributed by atoms with Gasteiger partial charge in [-0.15, -0.1) is 0 Å². The molecule has 2 unspecified atom stereocenters. The van der Waals surface area contributed by atoms with Gasteiger partial charge in [0.2, 0.25) is 0 Å². The molecule has 2 aromatic carbocycles. The molecular weight excluding hydrogens is 254 g/mol. The minimum absolute atomic E-state index is 0.483. The molecule has 0 fully saturated rings. The summed E-state index contributed by atoms with van der Waals surface area (Å²) in [4.78, 5) is 0. The monoisotopic (exact) mass is 283 g/mol. The molecule has 0 spiro atoms. The van der Waals surface area contributed by atoms with Crippen molar-refractivity contribution >= 4 is 10.8 Å². The third kappa shape index (κ3) is 4.57. The van der Waals surface area contributed by atoms with E-state index in [4.69, 9.17) is 0 Å². The Hall–Kier alpha value is -1.34. The molecule has 1 N–H and O–H groups in total. The summed E-state index contributed by atoms with van der Waals surface area (Å²) in [7, 11) is 0. The number of fused-ring (bicyclic) bond motifs is 1. The summed E-state index contributed by atoms with van der Waals surface area (Å²) in [5.74, 6) is 0.774. The van der Waals surface area contributed by atoms with Gasteiger partial charge < -0.3 is 5.32 Å². The molecule has 2 atom stereocenters. The van der Waals surface area contributed by atoms with Gasteiger partial charge in [-0.3, -0.25) is 0 Å². The molecule has 2 aromatic rings. The van der Waals surface area contributed by atoms with E-state index in [0.29, 0.717) is 6.04 Å². The van der Waals surface area contributed by atoms with Crippen molar-refractivity contribution in [3.05, 3.63) is 48.0 Å². The number of rotatable bonds is 8. The molecule has 21 heavy (non-hydrogen) atoms. The average Bonchev–Trinajstić information content (AvgIpc) is 2.51. The lowest BCUT2D eigenvalue weighted by molar-refractivity contribution is 0.390. The first-order chi connectivity index (χ1) is 10.2. The standard InChI is InChI=1S/C20H29N/c1-4-8-16(3)14-20(21-13-5-2)19-12-11-17-9-6-7-10-18(17)15-19/h6-7,9-12,15-16,20-21H,4-5,8,13-14H2,1-3H3. The van der Waals surface area contributed by atoms with Crippen LogP contribution in [0.3, 0.4) is 0 Å². The van der Waals surface area contributed by atoms with Crippen molar-refractivity contribution in [2.45, 2.75) is 52.5 Å². The predicted octanol–water partition coefficient (Wildman–Crippen LogP) is 5.71. The highest BCUT2D eigenvalue weighted by Crippen LogP contribution is 2.26. The van der Waals surface area contributed by atoms with Crippen LogP contribution in [0.15, 0.2) is 42.5 Å². The molecule has 2 rings (SSSR count). The van der Waals surface area contributed by atoms with Crippen molar-refractivity contribution in [3.8, 4) is 0 Å². The fourth-order valence-electron chi connectivity index (χ4n) is 3.09. The molecule has 0 aliphatic rings. The van der Waals surface area contributed by atoms with E-state index in [0.717, 1.165) is 12.5 Å². The van der Waals surface area contributed by atoms with E-state index < -0.39 is 0 Å². The van der Waals surface area contributed by atoms with Gasteiger partial charge >= 0.3 is 0 Å². The zero-order chi connectivity index (χ0) is 15.1. The fraction of sp³-hybridized carbons (Fsp3) is 0.500. The summed E-state index contributed by atoms with van der Waals surface area (Å²) in [6, 6.07) is 16.0. The van der Waals surface area contributed by atoms with Crippen LogP contribution in [0.2, 0.25) is 0 Å². The Bertz CT molecular complexity index is 546. The van der Waals surface area contributed by atoms with Crippen LogP contribution in [-0.4, -0.2) is 6.54 Å². The van der Waals surface area contributed by atoms with Gasteiger partial charge in [-0.25, -0.2) is 0 Å². The highest BCUT2D eigenvalue weighted by molar-refractivity contribution is 5.83. The van der Waals surface area contributed by atoms with Gasteiger partial charge in [0.1, 0.15) is 0 Å². The van der Waals surface area contributed by atoms with Crippen molar-refractivity contribution in [2.75, 3.05) is 6.54 Å². The van der Waals surface area contributed by atoms with Crippen LogP contribution in [0.4, 0.5) is 0 Å². The van der Waals surface area contributed by atoms with Crippen LogP contribution in [0.1, 0.15) is 58.1 Å². The molecule has 0 bridgehead atoms. The van der Waals surface area contributed by atoms with Crippen molar-refractivity contribution in [1.29, 1.82) is 0 Å². The maximum atomic E-state index is 3.74. The van der Waals surface area contributed by atoms with Crippen LogP contribution >= 0.6 is 0 Å². The Morgan fingerprint density at radius 1 is 0.952 bits per heavy atom. The highest BCUT2D eigenvalue weighted by Gasteiger charge is 2.14. The molecule has 0 aliphatic heterocycles. The van der Waals surface area contributed by atoms with Crippen molar-refractivity contribution < 1.29 is 0 Å². The van der Waals surface area contributed by atoms with E-state index in [2.05, 4.69) is 68.6 Å². The Morgan fingerprint density at radius 3 is 2.43 bits per heavy atom. The zero-order valence-electron chi connectivity index (χ0n) is 13.7. The molecule has 0 aromatic heterocycles. The molecule has 1 heteroatoms. The first-order valence-electron chi connectivity index (χ1n) is 8.46. The fourth-order valence-corrected chi connectivity index (χ4v) is 3.09. The Morgan fingerprint density at radius 2 is 1.71 bits per heavy atom. The summed E-state index contributed by atoms with van der Waals surface area (Å²) >= 11 is 0. The van der Waals surface area contributed by atoms with Crippen LogP contribution < -0.4 is 5.32 Å². The van der Waals surface area contributed by atoms with Gasteiger partial charge in [0.15, 0.2) is 0 Å². The summed E-state index contributed by atoms with van der Waals surface area (Å²) in [5.41, 5.74) is 1.44. The topological polar surface area (TPSA) is 12.0 Å². The first-order valence-corrected chi connectivity index (χ1v) is 8.46. The van der Waals surface area contributed by atoms with Gasteiger partial charge in [0, 0.05) is 6.04 Å². The molecule has 0 amide bonds. The van der Waals surface area contributed by atoms with E-state index in [-0.39, 0.29) is 0 Å². The van der Waals surface area contributed by atoms with Crippen molar-refractivity contribution in [2.24, 2.45) is 5.92 Å². The van der Waals surface area contributed by atoms with Gasteiger partial charge in [-0.05, 0) is 47.7 Å². The number of benzene rings is 2. The van der Waals surface area contributed by atoms with Crippen LogP contribution in [-0.2, 0) is 0 Å². The average molecular weight is 283 g/mol. The highest BCUT2D eigenvalue weighted by atomic mass is 14.9. The molecule has 1 nitrogen and oxygen atoms in total. The van der Waals surface area contributed by atoms with Gasteiger partial charge in [0.25, 0.3) is 0 Å². The smallest absolute Gasteiger partial charge is 0.0323 e. The SMILES string of the molecule is CCCNC(CC(C)CCC)c1ccc2ccccc2c1. The maximum absolute atomic E-state index is 3.74. The Labute approximate surface area is 129 Å². The maximum Gasteiger partial charge on any atom is 0.0323 e. The lowest BCUT2D eigenvalue weighted by Gasteiger charge is -2.23. The Balaban J connectivity index is 2.20. The van der Waals surface area contributed by atoms with Gasteiger partial charge in [-0.1, -0.05) is 70.0 Å². The molecule has 0 saturated heterocycles. The molecule has 0 aliphatic carbocycles. The summed E-state index contributed by atoms with van der Waals surface area (Å²) in [5, 5.41) is 6.42. The quantitative estimate of drug-likeness (QED) is 0.654. The third-order valence-electron chi connectivity index (χ3n) is 4.24. The third-order valence-corrected chi connectivity index (χ3v) is 4.24. The Kier molecular flexibility index (Phi) is 6.25. The largest absolute Gasteiger partial charge is 0.310 e. The van der Waals surface area contributed by atoms with Gasteiger partial charge in [0.05, 0.1) is 0 Å². The van der Waals surface area contributed by atoms with E-state index in [1.165, 1.54) is 42.0 Å². The van der Waals surface area contributed by atoms with Crippen LogP contribution in [0, 0.1) is 5.92 Å². The van der Waals surface area contributed by atoms with E-state index in [1.807, 2.05) is 0 Å². The number of hydrogen-bond acceptors (Lipinski definition) is 1. The number of hydrogen-bond donors (Lipinski definition) is 1. The number of nitrogens with one attached hydrogen (secondary N) is 1. The van der Waals surface area contributed by atoms with Crippen molar-refractivity contribution in [3.63, 3.8) is 0 Å². The van der Waals surface area contributed by atoms with E-state index >= 15 is 0 Å². The summed E-state index contributed by atoms with van der Waals surface area (Å²) < 4.78 is 0. The lowest BCUT2D eigenvalue weighted by Crippen LogP contribution is -2.24. The second-order valence-electron chi connectivity index (χ2n) is 6.24. The normalized spacial score (nSPS) is 14.2.